The molecular formula is C15H12Cl2FNOS. The molecule has 21 heavy (non-hydrogen) atoms. The molecule has 0 fully saturated rings. The van der Waals surface area contributed by atoms with Crippen molar-refractivity contribution in [3.63, 3.8) is 0 Å². The van der Waals surface area contributed by atoms with Crippen LogP contribution in [-0.4, -0.2) is 11.2 Å². The first-order valence-corrected chi connectivity index (χ1v) is 7.78. The maximum absolute atomic E-state index is 13.6. The van der Waals surface area contributed by atoms with Gasteiger partial charge in [0, 0.05) is 9.92 Å². The summed E-state index contributed by atoms with van der Waals surface area (Å²) in [6, 6.07) is 11.2. The zero-order valence-electron chi connectivity index (χ0n) is 11.1. The number of carbonyl (C=O) groups is 1. The predicted octanol–water partition coefficient (Wildman–Crippen LogP) is 5.25. The second-order valence-electron chi connectivity index (χ2n) is 4.30. The minimum Gasteiger partial charge on any atom is -0.324 e. The molecule has 0 heterocycles. The normalized spacial score (nSPS) is 12.0. The molecule has 1 amide bonds. The lowest BCUT2D eigenvalue weighted by Gasteiger charge is -2.13. The van der Waals surface area contributed by atoms with Gasteiger partial charge in [-0.3, -0.25) is 4.79 Å². The average molecular weight is 344 g/mol. The van der Waals surface area contributed by atoms with Gasteiger partial charge in [0.15, 0.2) is 0 Å². The molecule has 2 nitrogen and oxygen atoms in total. The number of carbonyl (C=O) groups excluding carboxylic acids is 1. The van der Waals surface area contributed by atoms with E-state index >= 15 is 0 Å². The van der Waals surface area contributed by atoms with Crippen LogP contribution < -0.4 is 5.32 Å². The molecule has 0 saturated carbocycles. The highest BCUT2D eigenvalue weighted by Gasteiger charge is 2.17. The van der Waals surface area contributed by atoms with Gasteiger partial charge in [0.1, 0.15) is 5.82 Å². The van der Waals surface area contributed by atoms with Crippen molar-refractivity contribution in [2.24, 2.45) is 0 Å². The SMILES string of the molecule is C[C@H](Sc1ccccc1F)C(=O)Nc1ccc(Cl)cc1Cl. The summed E-state index contributed by atoms with van der Waals surface area (Å²) in [5, 5.41) is 3.09. The maximum atomic E-state index is 13.6. The van der Waals surface area contributed by atoms with Crippen molar-refractivity contribution >= 4 is 46.6 Å². The molecule has 0 radical (unpaired) electrons. The summed E-state index contributed by atoms with van der Waals surface area (Å²) in [6.45, 7) is 1.70. The van der Waals surface area contributed by atoms with Crippen LogP contribution >= 0.6 is 35.0 Å². The Balaban J connectivity index is 2.04. The molecule has 0 aliphatic carbocycles. The second kappa shape index (κ2) is 7.16. The largest absolute Gasteiger partial charge is 0.324 e. The molecule has 110 valence electrons. The van der Waals surface area contributed by atoms with Gasteiger partial charge in [-0.1, -0.05) is 35.3 Å². The molecule has 0 unspecified atom stereocenters. The minimum atomic E-state index is -0.464. The Morgan fingerprint density at radius 1 is 1.24 bits per heavy atom. The van der Waals surface area contributed by atoms with Crippen LogP contribution in [0.2, 0.25) is 10.0 Å². The van der Waals surface area contributed by atoms with Crippen molar-refractivity contribution in [1.29, 1.82) is 0 Å². The lowest BCUT2D eigenvalue weighted by molar-refractivity contribution is -0.115. The van der Waals surface area contributed by atoms with Gasteiger partial charge < -0.3 is 5.32 Å². The summed E-state index contributed by atoms with van der Waals surface area (Å²) in [4.78, 5) is 12.6. The third-order valence-corrected chi connectivity index (χ3v) is 4.40. The predicted molar refractivity (Wildman–Crippen MR) is 86.8 cm³/mol. The molecule has 6 heteroatoms. The first-order chi connectivity index (χ1) is 9.97. The molecule has 0 aliphatic rings. The van der Waals surface area contributed by atoms with E-state index in [0.29, 0.717) is 20.6 Å². The first kappa shape index (κ1) is 16.1. The summed E-state index contributed by atoms with van der Waals surface area (Å²) in [5.74, 6) is -0.598. The lowest BCUT2D eigenvalue weighted by Crippen LogP contribution is -2.22. The van der Waals surface area contributed by atoms with Gasteiger partial charge in [0.05, 0.1) is 16.0 Å². The van der Waals surface area contributed by atoms with E-state index < -0.39 is 5.25 Å². The Bertz CT molecular complexity index is 666. The third kappa shape index (κ3) is 4.37. The number of nitrogens with one attached hydrogen (secondary N) is 1. The highest BCUT2D eigenvalue weighted by Crippen LogP contribution is 2.29. The average Bonchev–Trinajstić information content (AvgIpc) is 2.44. The number of hydrogen-bond acceptors (Lipinski definition) is 2. The summed E-state index contributed by atoms with van der Waals surface area (Å²) in [6.07, 6.45) is 0. The van der Waals surface area contributed by atoms with Crippen molar-refractivity contribution in [3.8, 4) is 0 Å². The fourth-order valence-corrected chi connectivity index (χ4v) is 2.95. The third-order valence-electron chi connectivity index (χ3n) is 2.70. The Hall–Kier alpha value is -1.23. The van der Waals surface area contributed by atoms with Crippen LogP contribution in [-0.2, 0) is 4.79 Å². The van der Waals surface area contributed by atoms with E-state index in [1.807, 2.05) is 0 Å². The molecule has 0 aliphatic heterocycles. The van der Waals surface area contributed by atoms with Gasteiger partial charge in [-0.15, -0.1) is 11.8 Å². The monoisotopic (exact) mass is 343 g/mol. The number of thioether (sulfide) groups is 1. The van der Waals surface area contributed by atoms with Gasteiger partial charge >= 0.3 is 0 Å². The van der Waals surface area contributed by atoms with Crippen molar-refractivity contribution in [2.45, 2.75) is 17.1 Å². The molecule has 0 spiro atoms. The van der Waals surface area contributed by atoms with E-state index in [1.54, 1.807) is 43.3 Å². The summed E-state index contributed by atoms with van der Waals surface area (Å²) < 4.78 is 13.6. The highest BCUT2D eigenvalue weighted by molar-refractivity contribution is 8.00. The molecule has 0 bridgehead atoms. The Kier molecular flexibility index (Phi) is 5.51. The molecule has 2 aromatic rings. The molecule has 2 rings (SSSR count). The molecule has 1 atom stereocenters. The molecular weight excluding hydrogens is 332 g/mol. The van der Waals surface area contributed by atoms with Crippen LogP contribution in [0.1, 0.15) is 6.92 Å². The standard InChI is InChI=1S/C15H12Cl2FNOS/c1-9(21-14-5-3-2-4-12(14)18)15(20)19-13-7-6-10(16)8-11(13)17/h2-9H,1H3,(H,19,20)/t9-/m0/s1. The molecule has 0 saturated heterocycles. The van der Waals surface area contributed by atoms with E-state index in [-0.39, 0.29) is 11.7 Å². The fraction of sp³-hybridized carbons (Fsp3) is 0.133. The van der Waals surface area contributed by atoms with Gasteiger partial charge in [-0.2, -0.15) is 0 Å². The second-order valence-corrected chi connectivity index (χ2v) is 6.53. The van der Waals surface area contributed by atoms with Crippen LogP contribution in [0, 0.1) is 5.82 Å². The van der Waals surface area contributed by atoms with E-state index in [1.165, 1.54) is 6.07 Å². The van der Waals surface area contributed by atoms with Gasteiger partial charge in [-0.05, 0) is 37.3 Å². The lowest BCUT2D eigenvalue weighted by atomic mass is 10.3. The maximum Gasteiger partial charge on any atom is 0.237 e. The quantitative estimate of drug-likeness (QED) is 0.768. The number of rotatable bonds is 4. The van der Waals surface area contributed by atoms with Crippen LogP contribution in [0.25, 0.3) is 0 Å². The van der Waals surface area contributed by atoms with E-state index in [2.05, 4.69) is 5.32 Å². The van der Waals surface area contributed by atoms with Crippen LogP contribution in [0.5, 0.6) is 0 Å². The van der Waals surface area contributed by atoms with Crippen molar-refractivity contribution in [2.75, 3.05) is 5.32 Å². The van der Waals surface area contributed by atoms with E-state index in [4.69, 9.17) is 23.2 Å². The fourth-order valence-electron chi connectivity index (χ4n) is 1.61. The molecule has 1 N–H and O–H groups in total. The van der Waals surface area contributed by atoms with Crippen molar-refractivity contribution in [3.05, 3.63) is 58.3 Å². The summed E-state index contributed by atoms with van der Waals surface area (Å²) in [5.41, 5.74) is 0.479. The highest BCUT2D eigenvalue weighted by atomic mass is 35.5. The van der Waals surface area contributed by atoms with Crippen LogP contribution in [0.15, 0.2) is 47.4 Å². The van der Waals surface area contributed by atoms with Crippen LogP contribution in [0.4, 0.5) is 10.1 Å². The number of halogens is 3. The smallest absolute Gasteiger partial charge is 0.237 e. The zero-order valence-corrected chi connectivity index (χ0v) is 13.4. The number of hydrogen-bond donors (Lipinski definition) is 1. The van der Waals surface area contributed by atoms with Gasteiger partial charge in [0.25, 0.3) is 0 Å². The van der Waals surface area contributed by atoms with Gasteiger partial charge in [0.2, 0.25) is 5.91 Å². The zero-order chi connectivity index (χ0) is 15.4. The summed E-state index contributed by atoms with van der Waals surface area (Å²) >= 11 is 12.9. The van der Waals surface area contributed by atoms with E-state index in [0.717, 1.165) is 11.8 Å². The Labute approximate surface area is 136 Å². The first-order valence-electron chi connectivity index (χ1n) is 6.14. The van der Waals surface area contributed by atoms with Crippen molar-refractivity contribution in [1.82, 2.24) is 0 Å². The number of amides is 1. The van der Waals surface area contributed by atoms with Crippen LogP contribution in [0.3, 0.4) is 0 Å². The minimum absolute atomic E-state index is 0.257. The van der Waals surface area contributed by atoms with E-state index in [9.17, 15) is 9.18 Å². The molecule has 0 aromatic heterocycles. The number of benzene rings is 2. The topological polar surface area (TPSA) is 29.1 Å². The van der Waals surface area contributed by atoms with Crippen molar-refractivity contribution < 1.29 is 9.18 Å². The van der Waals surface area contributed by atoms with Gasteiger partial charge in [-0.25, -0.2) is 4.39 Å². The Morgan fingerprint density at radius 2 is 1.95 bits per heavy atom. The molecule has 2 aromatic carbocycles. The number of anilines is 1. The Morgan fingerprint density at radius 3 is 2.62 bits per heavy atom. The summed E-state index contributed by atoms with van der Waals surface area (Å²) in [7, 11) is 0.